The molecule has 1 aromatic carbocycles. The first-order chi connectivity index (χ1) is 8.16. The first-order valence-electron chi connectivity index (χ1n) is 5.27. The summed E-state index contributed by atoms with van der Waals surface area (Å²) in [4.78, 5) is 1.04. The minimum atomic E-state index is -0.589. The van der Waals surface area contributed by atoms with Gasteiger partial charge in [-0.3, -0.25) is 0 Å². The fourth-order valence-corrected chi connectivity index (χ4v) is 2.68. The number of halogens is 1. The van der Waals surface area contributed by atoms with Gasteiger partial charge in [-0.1, -0.05) is 17.7 Å². The molecule has 0 aliphatic carbocycles. The molecule has 0 saturated carbocycles. The molecule has 2 rings (SSSR count). The molecular formula is C13H13ClO2S. The summed E-state index contributed by atoms with van der Waals surface area (Å²) in [6.45, 7) is 1.92. The molecule has 0 aliphatic heterocycles. The van der Waals surface area contributed by atoms with Gasteiger partial charge in [0, 0.05) is 15.7 Å². The molecule has 1 atom stereocenters. The van der Waals surface area contributed by atoms with Crippen molar-refractivity contribution in [3.63, 3.8) is 0 Å². The SMILES string of the molecule is Cc1ccoc1C(O)CSc1cccc(Cl)c1. The molecular weight excluding hydrogens is 256 g/mol. The summed E-state index contributed by atoms with van der Waals surface area (Å²) in [6, 6.07) is 9.43. The van der Waals surface area contributed by atoms with Crippen molar-refractivity contribution < 1.29 is 9.52 Å². The highest BCUT2D eigenvalue weighted by Gasteiger charge is 2.14. The molecule has 1 unspecified atom stereocenters. The van der Waals surface area contributed by atoms with Crippen molar-refractivity contribution in [2.24, 2.45) is 0 Å². The first-order valence-corrected chi connectivity index (χ1v) is 6.63. The molecule has 0 amide bonds. The fourth-order valence-electron chi connectivity index (χ4n) is 1.53. The van der Waals surface area contributed by atoms with Gasteiger partial charge in [-0.2, -0.15) is 0 Å². The maximum atomic E-state index is 9.97. The van der Waals surface area contributed by atoms with E-state index >= 15 is 0 Å². The summed E-state index contributed by atoms with van der Waals surface area (Å²) in [5, 5.41) is 10.7. The summed E-state index contributed by atoms with van der Waals surface area (Å²) in [7, 11) is 0. The number of aliphatic hydroxyl groups excluding tert-OH is 1. The van der Waals surface area contributed by atoms with Gasteiger partial charge in [0.15, 0.2) is 0 Å². The van der Waals surface area contributed by atoms with Gasteiger partial charge in [0.2, 0.25) is 0 Å². The van der Waals surface area contributed by atoms with E-state index in [0.29, 0.717) is 16.5 Å². The van der Waals surface area contributed by atoms with Crippen molar-refractivity contribution in [3.8, 4) is 0 Å². The monoisotopic (exact) mass is 268 g/mol. The minimum Gasteiger partial charge on any atom is -0.466 e. The van der Waals surface area contributed by atoms with Crippen molar-refractivity contribution in [1.82, 2.24) is 0 Å². The van der Waals surface area contributed by atoms with Crippen LogP contribution in [0.3, 0.4) is 0 Å². The number of hydrogen-bond donors (Lipinski definition) is 1. The third-order valence-corrected chi connectivity index (χ3v) is 3.71. The lowest BCUT2D eigenvalue weighted by molar-refractivity contribution is 0.173. The zero-order valence-corrected chi connectivity index (χ0v) is 11.0. The quantitative estimate of drug-likeness (QED) is 0.849. The predicted molar refractivity (Wildman–Crippen MR) is 70.6 cm³/mol. The number of benzene rings is 1. The Morgan fingerprint density at radius 1 is 1.41 bits per heavy atom. The van der Waals surface area contributed by atoms with Crippen LogP contribution in [0, 0.1) is 6.92 Å². The van der Waals surface area contributed by atoms with E-state index in [1.165, 1.54) is 0 Å². The Kier molecular flexibility index (Phi) is 4.15. The molecule has 1 heterocycles. The number of aryl methyl sites for hydroxylation is 1. The zero-order valence-electron chi connectivity index (χ0n) is 9.39. The molecule has 0 fully saturated rings. The lowest BCUT2D eigenvalue weighted by Crippen LogP contribution is -2.00. The van der Waals surface area contributed by atoms with Crippen LogP contribution in [-0.4, -0.2) is 10.9 Å². The normalized spacial score (nSPS) is 12.6. The molecule has 17 heavy (non-hydrogen) atoms. The van der Waals surface area contributed by atoms with Gasteiger partial charge in [-0.05, 0) is 36.8 Å². The Morgan fingerprint density at radius 2 is 2.24 bits per heavy atom. The summed E-state index contributed by atoms with van der Waals surface area (Å²) in [6.07, 6.45) is 1.01. The Labute approximate surface area is 110 Å². The van der Waals surface area contributed by atoms with Crippen LogP contribution in [0.5, 0.6) is 0 Å². The number of rotatable bonds is 4. The van der Waals surface area contributed by atoms with Gasteiger partial charge in [-0.25, -0.2) is 0 Å². The van der Waals surface area contributed by atoms with E-state index in [0.717, 1.165) is 10.5 Å². The van der Waals surface area contributed by atoms with Crippen LogP contribution < -0.4 is 0 Å². The van der Waals surface area contributed by atoms with Crippen molar-refractivity contribution >= 4 is 23.4 Å². The Balaban J connectivity index is 1.97. The highest BCUT2D eigenvalue weighted by molar-refractivity contribution is 7.99. The third kappa shape index (κ3) is 3.28. The maximum Gasteiger partial charge on any atom is 0.136 e. The molecule has 1 N–H and O–H groups in total. The average molecular weight is 269 g/mol. The largest absolute Gasteiger partial charge is 0.466 e. The summed E-state index contributed by atoms with van der Waals surface area (Å²) in [5.74, 6) is 1.19. The molecule has 0 spiro atoms. The first kappa shape index (κ1) is 12.6. The highest BCUT2D eigenvalue weighted by Crippen LogP contribution is 2.28. The van der Waals surface area contributed by atoms with Crippen LogP contribution in [0.25, 0.3) is 0 Å². The second-order valence-corrected chi connectivity index (χ2v) is 5.28. The molecule has 2 nitrogen and oxygen atoms in total. The Bertz CT molecular complexity index is 496. The minimum absolute atomic E-state index is 0.550. The third-order valence-electron chi connectivity index (χ3n) is 2.41. The highest BCUT2D eigenvalue weighted by atomic mass is 35.5. The predicted octanol–water partition coefficient (Wildman–Crippen LogP) is 4.07. The molecule has 0 aliphatic rings. The van der Waals surface area contributed by atoms with Crippen molar-refractivity contribution in [2.75, 3.05) is 5.75 Å². The number of aliphatic hydroxyl groups is 1. The smallest absolute Gasteiger partial charge is 0.136 e. The molecule has 0 saturated heterocycles. The van der Waals surface area contributed by atoms with E-state index in [1.807, 2.05) is 37.3 Å². The van der Waals surface area contributed by atoms with Gasteiger partial charge in [0.25, 0.3) is 0 Å². The van der Waals surface area contributed by atoms with Gasteiger partial charge in [-0.15, -0.1) is 11.8 Å². The van der Waals surface area contributed by atoms with Gasteiger partial charge >= 0.3 is 0 Å². The Morgan fingerprint density at radius 3 is 2.88 bits per heavy atom. The molecule has 2 aromatic rings. The van der Waals surface area contributed by atoms with Crippen molar-refractivity contribution in [2.45, 2.75) is 17.9 Å². The Hall–Kier alpha value is -0.900. The average Bonchev–Trinajstić information content (AvgIpc) is 2.72. The van der Waals surface area contributed by atoms with Crippen LogP contribution >= 0.6 is 23.4 Å². The van der Waals surface area contributed by atoms with E-state index in [9.17, 15) is 5.11 Å². The van der Waals surface area contributed by atoms with E-state index < -0.39 is 6.10 Å². The van der Waals surface area contributed by atoms with Crippen molar-refractivity contribution in [3.05, 3.63) is 52.9 Å². The van der Waals surface area contributed by atoms with Gasteiger partial charge < -0.3 is 9.52 Å². The lowest BCUT2D eigenvalue weighted by Gasteiger charge is -2.08. The van der Waals surface area contributed by atoms with Gasteiger partial charge in [0.1, 0.15) is 11.9 Å². The number of thioether (sulfide) groups is 1. The van der Waals surface area contributed by atoms with Crippen LogP contribution in [0.1, 0.15) is 17.4 Å². The topological polar surface area (TPSA) is 33.4 Å². The molecule has 0 radical (unpaired) electrons. The molecule has 1 aromatic heterocycles. The van der Waals surface area contributed by atoms with Crippen LogP contribution in [0.2, 0.25) is 5.02 Å². The summed E-state index contributed by atoms with van der Waals surface area (Å²) < 4.78 is 5.25. The van der Waals surface area contributed by atoms with Gasteiger partial charge in [0.05, 0.1) is 6.26 Å². The maximum absolute atomic E-state index is 9.97. The lowest BCUT2D eigenvalue weighted by atomic mass is 10.2. The van der Waals surface area contributed by atoms with Crippen molar-refractivity contribution in [1.29, 1.82) is 0 Å². The van der Waals surface area contributed by atoms with Crippen LogP contribution in [-0.2, 0) is 0 Å². The second-order valence-electron chi connectivity index (χ2n) is 3.75. The summed E-state index contributed by atoms with van der Waals surface area (Å²) in [5.41, 5.74) is 0.976. The standard InChI is InChI=1S/C13H13ClO2S/c1-9-5-6-16-13(9)12(15)8-17-11-4-2-3-10(14)7-11/h2-7,12,15H,8H2,1H3. The van der Waals surface area contributed by atoms with E-state index in [1.54, 1.807) is 18.0 Å². The van der Waals surface area contributed by atoms with E-state index in [4.69, 9.17) is 16.0 Å². The second kappa shape index (κ2) is 5.63. The van der Waals surface area contributed by atoms with Crippen LogP contribution in [0.4, 0.5) is 0 Å². The van der Waals surface area contributed by atoms with E-state index in [2.05, 4.69) is 0 Å². The van der Waals surface area contributed by atoms with E-state index in [-0.39, 0.29) is 0 Å². The summed E-state index contributed by atoms with van der Waals surface area (Å²) >= 11 is 7.45. The van der Waals surface area contributed by atoms with Crippen LogP contribution in [0.15, 0.2) is 45.9 Å². The number of furan rings is 1. The zero-order chi connectivity index (χ0) is 12.3. The number of hydrogen-bond acceptors (Lipinski definition) is 3. The molecule has 4 heteroatoms. The molecule has 90 valence electrons. The molecule has 0 bridgehead atoms. The fraction of sp³-hybridized carbons (Fsp3) is 0.231.